The molecule has 0 aliphatic rings. The molecule has 0 saturated carbocycles. The van der Waals surface area contributed by atoms with Gasteiger partial charge < -0.3 is 19.7 Å². The van der Waals surface area contributed by atoms with Crippen molar-refractivity contribution in [3.63, 3.8) is 0 Å². The van der Waals surface area contributed by atoms with Crippen molar-refractivity contribution >= 4 is 0 Å². The molecule has 6 heteroatoms. The normalized spacial score (nSPS) is 10.4. The van der Waals surface area contributed by atoms with Gasteiger partial charge in [0.15, 0.2) is 6.61 Å². The topological polar surface area (TPSA) is 83.4 Å². The zero-order chi connectivity index (χ0) is 13.5. The SMILES string of the molecule is CCCOc1ccc(CN)c(OCc2ncon2)c1. The van der Waals surface area contributed by atoms with E-state index in [1.54, 1.807) is 0 Å². The number of ether oxygens (including phenoxy) is 2. The van der Waals surface area contributed by atoms with Gasteiger partial charge in [0, 0.05) is 18.2 Å². The number of nitrogens with zero attached hydrogens (tertiary/aromatic N) is 2. The summed E-state index contributed by atoms with van der Waals surface area (Å²) in [6, 6.07) is 5.62. The third kappa shape index (κ3) is 3.69. The quantitative estimate of drug-likeness (QED) is 0.821. The Labute approximate surface area is 111 Å². The first kappa shape index (κ1) is 13.4. The van der Waals surface area contributed by atoms with Gasteiger partial charge in [-0.3, -0.25) is 0 Å². The van der Waals surface area contributed by atoms with E-state index < -0.39 is 0 Å². The van der Waals surface area contributed by atoms with E-state index in [2.05, 4.69) is 21.6 Å². The standard InChI is InChI=1S/C13H17N3O3/c1-2-5-17-11-4-3-10(7-14)12(6-11)18-8-13-15-9-19-16-13/h3-4,6,9H,2,5,7-8,14H2,1H3. The van der Waals surface area contributed by atoms with Crippen LogP contribution in [0.1, 0.15) is 24.7 Å². The van der Waals surface area contributed by atoms with Crippen LogP contribution in [-0.2, 0) is 13.2 Å². The molecule has 0 atom stereocenters. The fourth-order valence-electron chi connectivity index (χ4n) is 1.55. The summed E-state index contributed by atoms with van der Waals surface area (Å²) in [5, 5.41) is 3.69. The van der Waals surface area contributed by atoms with E-state index in [-0.39, 0.29) is 6.61 Å². The lowest BCUT2D eigenvalue weighted by Gasteiger charge is -2.11. The maximum Gasteiger partial charge on any atom is 0.213 e. The molecule has 1 aromatic carbocycles. The lowest BCUT2D eigenvalue weighted by atomic mass is 10.2. The van der Waals surface area contributed by atoms with Crippen LogP contribution in [0.4, 0.5) is 0 Å². The Hall–Kier alpha value is -2.08. The largest absolute Gasteiger partial charge is 0.493 e. The van der Waals surface area contributed by atoms with Crippen molar-refractivity contribution < 1.29 is 14.0 Å². The van der Waals surface area contributed by atoms with Crippen molar-refractivity contribution in [2.24, 2.45) is 5.73 Å². The van der Waals surface area contributed by atoms with Gasteiger partial charge in [-0.2, -0.15) is 4.98 Å². The number of aromatic nitrogens is 2. The predicted molar refractivity (Wildman–Crippen MR) is 68.7 cm³/mol. The maximum atomic E-state index is 5.68. The van der Waals surface area contributed by atoms with E-state index in [4.69, 9.17) is 15.2 Å². The van der Waals surface area contributed by atoms with Gasteiger partial charge in [-0.25, -0.2) is 0 Å². The Morgan fingerprint density at radius 3 is 2.89 bits per heavy atom. The Kier molecular flexibility index (Phi) is 4.74. The van der Waals surface area contributed by atoms with Crippen molar-refractivity contribution in [1.82, 2.24) is 10.1 Å². The van der Waals surface area contributed by atoms with Gasteiger partial charge in [-0.05, 0) is 12.5 Å². The highest BCUT2D eigenvalue weighted by Gasteiger charge is 2.07. The van der Waals surface area contributed by atoms with Gasteiger partial charge >= 0.3 is 0 Å². The van der Waals surface area contributed by atoms with E-state index in [9.17, 15) is 0 Å². The van der Waals surface area contributed by atoms with E-state index in [0.717, 1.165) is 17.7 Å². The highest BCUT2D eigenvalue weighted by molar-refractivity contribution is 5.40. The molecule has 0 radical (unpaired) electrons. The average Bonchev–Trinajstić information content (AvgIpc) is 2.96. The lowest BCUT2D eigenvalue weighted by molar-refractivity contribution is 0.278. The summed E-state index contributed by atoms with van der Waals surface area (Å²) in [6.45, 7) is 3.37. The average molecular weight is 263 g/mol. The summed E-state index contributed by atoms with van der Waals surface area (Å²) in [4.78, 5) is 3.89. The number of hydrogen-bond donors (Lipinski definition) is 1. The minimum absolute atomic E-state index is 0.237. The molecule has 2 aromatic rings. The Bertz CT molecular complexity index is 500. The summed E-state index contributed by atoms with van der Waals surface area (Å²) in [6.07, 6.45) is 2.22. The predicted octanol–water partition coefficient (Wildman–Crippen LogP) is 1.90. The zero-order valence-electron chi connectivity index (χ0n) is 10.8. The van der Waals surface area contributed by atoms with E-state index in [1.807, 2.05) is 18.2 Å². The summed E-state index contributed by atoms with van der Waals surface area (Å²) >= 11 is 0. The Morgan fingerprint density at radius 1 is 1.32 bits per heavy atom. The molecular formula is C13H17N3O3. The first-order chi connectivity index (χ1) is 9.33. The molecule has 0 spiro atoms. The van der Waals surface area contributed by atoms with Crippen molar-refractivity contribution in [1.29, 1.82) is 0 Å². The molecule has 19 heavy (non-hydrogen) atoms. The number of hydrogen-bond acceptors (Lipinski definition) is 6. The van der Waals surface area contributed by atoms with Crippen LogP contribution in [0, 0.1) is 0 Å². The monoisotopic (exact) mass is 263 g/mol. The summed E-state index contributed by atoms with van der Waals surface area (Å²) in [7, 11) is 0. The van der Waals surface area contributed by atoms with Crippen LogP contribution < -0.4 is 15.2 Å². The highest BCUT2D eigenvalue weighted by atomic mass is 16.5. The van der Waals surface area contributed by atoms with Gasteiger partial charge in [0.1, 0.15) is 11.5 Å². The third-order valence-corrected chi connectivity index (χ3v) is 2.50. The van der Waals surface area contributed by atoms with Gasteiger partial charge in [0.2, 0.25) is 12.2 Å². The molecule has 0 bridgehead atoms. The molecule has 2 rings (SSSR count). The summed E-state index contributed by atoms with van der Waals surface area (Å²) in [5.41, 5.74) is 6.59. The fraction of sp³-hybridized carbons (Fsp3) is 0.385. The molecule has 1 aromatic heterocycles. The number of rotatable bonds is 7. The molecular weight excluding hydrogens is 246 g/mol. The van der Waals surface area contributed by atoms with Gasteiger partial charge in [-0.15, -0.1) is 0 Å². The van der Waals surface area contributed by atoms with Gasteiger partial charge in [0.05, 0.1) is 6.61 Å². The molecule has 0 aliphatic carbocycles. The molecule has 0 unspecified atom stereocenters. The van der Waals surface area contributed by atoms with E-state index in [0.29, 0.717) is 24.7 Å². The van der Waals surface area contributed by atoms with Crippen molar-refractivity contribution in [2.75, 3.05) is 6.61 Å². The minimum atomic E-state index is 0.237. The molecule has 0 amide bonds. The fourth-order valence-corrected chi connectivity index (χ4v) is 1.55. The van der Waals surface area contributed by atoms with Crippen molar-refractivity contribution in [2.45, 2.75) is 26.5 Å². The molecule has 0 fully saturated rings. The molecule has 0 saturated heterocycles. The van der Waals surface area contributed by atoms with Crippen LogP contribution in [0.5, 0.6) is 11.5 Å². The Balaban J connectivity index is 2.07. The summed E-state index contributed by atoms with van der Waals surface area (Å²) in [5.74, 6) is 1.94. The second-order valence-corrected chi connectivity index (χ2v) is 3.96. The first-order valence-electron chi connectivity index (χ1n) is 6.17. The lowest BCUT2D eigenvalue weighted by Crippen LogP contribution is -2.04. The smallest absolute Gasteiger partial charge is 0.213 e. The van der Waals surface area contributed by atoms with E-state index in [1.165, 1.54) is 6.39 Å². The first-order valence-corrected chi connectivity index (χ1v) is 6.17. The van der Waals surface area contributed by atoms with Crippen LogP contribution in [0.2, 0.25) is 0 Å². The van der Waals surface area contributed by atoms with Crippen LogP contribution in [0.15, 0.2) is 29.1 Å². The summed E-state index contributed by atoms with van der Waals surface area (Å²) < 4.78 is 15.9. The Morgan fingerprint density at radius 2 is 2.21 bits per heavy atom. The maximum absolute atomic E-state index is 5.68. The highest BCUT2D eigenvalue weighted by Crippen LogP contribution is 2.25. The van der Waals surface area contributed by atoms with E-state index >= 15 is 0 Å². The van der Waals surface area contributed by atoms with Crippen LogP contribution >= 0.6 is 0 Å². The van der Waals surface area contributed by atoms with Crippen LogP contribution in [0.3, 0.4) is 0 Å². The second-order valence-electron chi connectivity index (χ2n) is 3.96. The third-order valence-electron chi connectivity index (χ3n) is 2.50. The molecule has 6 nitrogen and oxygen atoms in total. The molecule has 102 valence electrons. The van der Waals surface area contributed by atoms with Gasteiger partial charge in [0.25, 0.3) is 0 Å². The molecule has 1 heterocycles. The number of benzene rings is 1. The second kappa shape index (κ2) is 6.75. The molecule has 0 aliphatic heterocycles. The van der Waals surface area contributed by atoms with Gasteiger partial charge in [-0.1, -0.05) is 18.1 Å². The van der Waals surface area contributed by atoms with Crippen molar-refractivity contribution in [3.05, 3.63) is 36.0 Å². The minimum Gasteiger partial charge on any atom is -0.493 e. The van der Waals surface area contributed by atoms with Crippen molar-refractivity contribution in [3.8, 4) is 11.5 Å². The molecule has 2 N–H and O–H groups in total. The van der Waals surface area contributed by atoms with Crippen LogP contribution in [-0.4, -0.2) is 16.7 Å². The van der Waals surface area contributed by atoms with Crippen LogP contribution in [0.25, 0.3) is 0 Å². The number of nitrogens with two attached hydrogens (primary N) is 1. The zero-order valence-corrected chi connectivity index (χ0v) is 10.8.